The molecule has 3 rings (SSSR count). The summed E-state index contributed by atoms with van der Waals surface area (Å²) >= 11 is 13.6. The number of nitrogens with one attached hydrogen (secondary N) is 2. The highest BCUT2D eigenvalue weighted by molar-refractivity contribution is 7.99. The van der Waals surface area contributed by atoms with E-state index in [1.165, 1.54) is 0 Å². The van der Waals surface area contributed by atoms with Crippen molar-refractivity contribution in [2.45, 2.75) is 32.0 Å². The molecule has 8 nitrogen and oxygen atoms in total. The second-order valence-corrected chi connectivity index (χ2v) is 8.72. The summed E-state index contributed by atoms with van der Waals surface area (Å²) in [5.41, 5.74) is 1.10. The van der Waals surface area contributed by atoms with Crippen molar-refractivity contribution in [3.05, 3.63) is 40.0 Å². The summed E-state index contributed by atoms with van der Waals surface area (Å²) in [5.74, 6) is 1.39. The Morgan fingerprint density at radius 2 is 2.06 bits per heavy atom. The highest BCUT2D eigenvalue weighted by Crippen LogP contribution is 2.25. The number of hydrogen-bond donors (Lipinski definition) is 2. The van der Waals surface area contributed by atoms with E-state index in [1.807, 2.05) is 6.92 Å². The minimum absolute atomic E-state index is 0.268. The maximum Gasteiger partial charge on any atom is 0.252 e. The van der Waals surface area contributed by atoms with Crippen LogP contribution < -0.4 is 10.6 Å². The number of anilines is 1. The summed E-state index contributed by atoms with van der Waals surface area (Å²) in [7, 11) is 0. The van der Waals surface area contributed by atoms with Crippen molar-refractivity contribution in [3.63, 3.8) is 0 Å². The zero-order valence-corrected chi connectivity index (χ0v) is 20.4. The number of benzene rings is 1. The Kier molecular flexibility index (Phi) is 9.40. The van der Waals surface area contributed by atoms with Crippen molar-refractivity contribution < 1.29 is 9.53 Å². The average molecular weight is 497 g/mol. The standard InChI is InChI=1S/C21H26Cl2N6O2S/c1-3-11-32-21-27-18(24-8-10-31-4-2)16-13-26-29(19(16)28-21)9-7-25-20(30)15-6-5-14(22)12-17(15)23/h5-6,12-13H,3-4,7-11H2,1-2H3,(H,25,30)(H,24,27,28). The number of thioether (sulfide) groups is 1. The number of aromatic nitrogens is 4. The fraction of sp³-hybridized carbons (Fsp3) is 0.429. The van der Waals surface area contributed by atoms with Gasteiger partial charge in [-0.15, -0.1) is 0 Å². The number of halogens is 2. The molecule has 0 unspecified atom stereocenters. The molecule has 0 spiro atoms. The lowest BCUT2D eigenvalue weighted by molar-refractivity contribution is 0.0952. The summed E-state index contributed by atoms with van der Waals surface area (Å²) in [6.45, 7) is 6.80. The van der Waals surface area contributed by atoms with Crippen LogP contribution in [0.15, 0.2) is 29.6 Å². The number of fused-ring (bicyclic) bond motifs is 1. The lowest BCUT2D eigenvalue weighted by atomic mass is 10.2. The third kappa shape index (κ3) is 6.48. The monoisotopic (exact) mass is 496 g/mol. The van der Waals surface area contributed by atoms with E-state index in [-0.39, 0.29) is 5.91 Å². The minimum Gasteiger partial charge on any atom is -0.380 e. The lowest BCUT2D eigenvalue weighted by Gasteiger charge is -2.10. The van der Waals surface area contributed by atoms with E-state index < -0.39 is 0 Å². The highest BCUT2D eigenvalue weighted by Gasteiger charge is 2.14. The van der Waals surface area contributed by atoms with Gasteiger partial charge in [0.15, 0.2) is 10.8 Å². The number of carbonyl (C=O) groups excluding carboxylic acids is 1. The average Bonchev–Trinajstić information content (AvgIpc) is 3.18. The molecule has 2 N–H and O–H groups in total. The fourth-order valence-electron chi connectivity index (χ4n) is 2.92. The van der Waals surface area contributed by atoms with Gasteiger partial charge in [0.1, 0.15) is 5.82 Å². The molecule has 0 aliphatic carbocycles. The van der Waals surface area contributed by atoms with E-state index in [0.29, 0.717) is 53.6 Å². The molecule has 0 fully saturated rings. The number of rotatable bonds is 12. The molecule has 0 atom stereocenters. The van der Waals surface area contributed by atoms with Crippen molar-refractivity contribution in [3.8, 4) is 0 Å². The summed E-state index contributed by atoms with van der Waals surface area (Å²) < 4.78 is 7.17. The first kappa shape index (κ1) is 24.6. The normalized spacial score (nSPS) is 11.1. The highest BCUT2D eigenvalue weighted by atomic mass is 35.5. The SMILES string of the molecule is CCCSc1nc(NCCOCC)c2cnn(CCNC(=O)c3ccc(Cl)cc3Cl)c2n1. The maximum absolute atomic E-state index is 12.4. The molecule has 32 heavy (non-hydrogen) atoms. The van der Waals surface area contributed by atoms with Gasteiger partial charge in [0, 0.05) is 30.5 Å². The van der Waals surface area contributed by atoms with Gasteiger partial charge in [-0.3, -0.25) is 4.79 Å². The number of hydrogen-bond acceptors (Lipinski definition) is 7. The molecule has 0 saturated heterocycles. The molecule has 0 saturated carbocycles. The number of carbonyl (C=O) groups is 1. The Balaban J connectivity index is 1.72. The zero-order valence-electron chi connectivity index (χ0n) is 18.0. The van der Waals surface area contributed by atoms with Crippen molar-refractivity contribution in [1.82, 2.24) is 25.1 Å². The van der Waals surface area contributed by atoms with Crippen LogP contribution in [0.2, 0.25) is 10.0 Å². The van der Waals surface area contributed by atoms with Crippen LogP contribution in [-0.4, -0.2) is 57.7 Å². The molecular weight excluding hydrogens is 471 g/mol. The van der Waals surface area contributed by atoms with Crippen LogP contribution in [-0.2, 0) is 11.3 Å². The summed E-state index contributed by atoms with van der Waals surface area (Å²) in [4.78, 5) is 21.8. The second-order valence-electron chi connectivity index (χ2n) is 6.81. The first-order valence-electron chi connectivity index (χ1n) is 10.4. The quantitative estimate of drug-likeness (QED) is 0.216. The van der Waals surface area contributed by atoms with Crippen molar-refractivity contribution in [2.75, 3.05) is 37.4 Å². The van der Waals surface area contributed by atoms with E-state index in [4.69, 9.17) is 32.9 Å². The van der Waals surface area contributed by atoms with Crippen LogP contribution in [0, 0.1) is 0 Å². The first-order valence-corrected chi connectivity index (χ1v) is 12.2. The van der Waals surface area contributed by atoms with E-state index in [2.05, 4.69) is 27.6 Å². The van der Waals surface area contributed by atoms with E-state index in [9.17, 15) is 4.79 Å². The van der Waals surface area contributed by atoms with Crippen molar-refractivity contribution in [2.24, 2.45) is 0 Å². The van der Waals surface area contributed by atoms with Crippen LogP contribution in [0.1, 0.15) is 30.6 Å². The van der Waals surface area contributed by atoms with Gasteiger partial charge < -0.3 is 15.4 Å². The van der Waals surface area contributed by atoms with Crippen molar-refractivity contribution in [1.29, 1.82) is 0 Å². The predicted molar refractivity (Wildman–Crippen MR) is 130 cm³/mol. The molecule has 1 amide bonds. The van der Waals surface area contributed by atoms with Gasteiger partial charge in [0.05, 0.1) is 35.3 Å². The minimum atomic E-state index is -0.268. The third-order valence-corrected chi connectivity index (χ3v) is 6.04. The fourth-order valence-corrected chi connectivity index (χ4v) is 4.11. The molecular formula is C21H26Cl2N6O2S. The largest absolute Gasteiger partial charge is 0.380 e. The Labute approximate surface area is 201 Å². The molecule has 0 aliphatic rings. The Morgan fingerprint density at radius 3 is 2.81 bits per heavy atom. The van der Waals surface area contributed by atoms with E-state index in [1.54, 1.807) is 40.8 Å². The van der Waals surface area contributed by atoms with Gasteiger partial charge in [-0.05, 0) is 31.5 Å². The Hall–Kier alpha value is -2.07. The molecule has 1 aromatic carbocycles. The van der Waals surface area contributed by atoms with Gasteiger partial charge >= 0.3 is 0 Å². The van der Waals surface area contributed by atoms with Crippen molar-refractivity contribution >= 4 is 57.7 Å². The Bertz CT molecular complexity index is 1060. The molecule has 0 radical (unpaired) electrons. The van der Waals surface area contributed by atoms with Crippen LogP contribution >= 0.6 is 35.0 Å². The summed E-state index contributed by atoms with van der Waals surface area (Å²) in [6.07, 6.45) is 2.77. The smallest absolute Gasteiger partial charge is 0.252 e. The van der Waals surface area contributed by atoms with Crippen LogP contribution in [0.5, 0.6) is 0 Å². The van der Waals surface area contributed by atoms with Crippen LogP contribution in [0.25, 0.3) is 11.0 Å². The van der Waals surface area contributed by atoms with Gasteiger partial charge in [0.25, 0.3) is 5.91 Å². The summed E-state index contributed by atoms with van der Waals surface area (Å²) in [5, 5.41) is 13.0. The maximum atomic E-state index is 12.4. The zero-order chi connectivity index (χ0) is 22.9. The lowest BCUT2D eigenvalue weighted by Crippen LogP contribution is -2.27. The molecule has 3 aromatic rings. The predicted octanol–water partition coefficient (Wildman–Crippen LogP) is 4.51. The molecule has 2 aromatic heterocycles. The van der Waals surface area contributed by atoms with Gasteiger partial charge in [-0.1, -0.05) is 41.9 Å². The molecule has 172 valence electrons. The molecule has 11 heteroatoms. The van der Waals surface area contributed by atoms with Crippen LogP contribution in [0.4, 0.5) is 5.82 Å². The summed E-state index contributed by atoms with van der Waals surface area (Å²) in [6, 6.07) is 4.79. The molecule has 0 aliphatic heterocycles. The van der Waals surface area contributed by atoms with Gasteiger partial charge in [0.2, 0.25) is 0 Å². The number of ether oxygens (including phenoxy) is 1. The second kappa shape index (κ2) is 12.2. The molecule has 0 bridgehead atoms. The van der Waals surface area contributed by atoms with E-state index in [0.717, 1.165) is 29.0 Å². The first-order chi connectivity index (χ1) is 15.5. The third-order valence-electron chi connectivity index (χ3n) is 4.44. The molecule has 2 heterocycles. The topological polar surface area (TPSA) is 94.0 Å². The number of nitrogens with zero attached hydrogens (tertiary/aromatic N) is 4. The van der Waals surface area contributed by atoms with E-state index >= 15 is 0 Å². The Morgan fingerprint density at radius 1 is 1.22 bits per heavy atom. The number of amides is 1. The van der Waals surface area contributed by atoms with Gasteiger partial charge in [-0.2, -0.15) is 5.10 Å². The van der Waals surface area contributed by atoms with Crippen LogP contribution in [0.3, 0.4) is 0 Å². The van der Waals surface area contributed by atoms with Gasteiger partial charge in [-0.25, -0.2) is 14.6 Å².